The number of likely N-dealkylation sites (tertiary alicyclic amines) is 1. The van der Waals surface area contributed by atoms with Gasteiger partial charge in [0.2, 0.25) is 0 Å². The van der Waals surface area contributed by atoms with Gasteiger partial charge in [0, 0.05) is 5.56 Å². The highest BCUT2D eigenvalue weighted by molar-refractivity contribution is 6.42. The van der Waals surface area contributed by atoms with Crippen LogP contribution >= 0.6 is 23.2 Å². The molecule has 1 atom stereocenters. The van der Waals surface area contributed by atoms with Crippen molar-refractivity contribution in [2.45, 2.75) is 18.9 Å². The second-order valence-corrected chi connectivity index (χ2v) is 4.70. The summed E-state index contributed by atoms with van der Waals surface area (Å²) in [5.41, 5.74) is 0.818. The third-order valence-electron chi connectivity index (χ3n) is 2.90. The Balaban J connectivity index is 2.33. The summed E-state index contributed by atoms with van der Waals surface area (Å²) in [7, 11) is 0. The Morgan fingerprint density at radius 2 is 1.94 bits per heavy atom. The zero-order valence-electron chi connectivity index (χ0n) is 8.79. The van der Waals surface area contributed by atoms with Crippen LogP contribution in [0.1, 0.15) is 24.4 Å². The first-order valence-corrected chi connectivity index (χ1v) is 6.07. The molecule has 2 rings (SSSR count). The summed E-state index contributed by atoms with van der Waals surface area (Å²) >= 11 is 12.1. The Bertz CT molecular complexity index is 420. The molecule has 1 aromatic carbocycles. The van der Waals surface area contributed by atoms with Crippen molar-refractivity contribution in [2.24, 2.45) is 0 Å². The fourth-order valence-electron chi connectivity index (χ4n) is 2.08. The van der Waals surface area contributed by atoms with Gasteiger partial charge in [-0.05, 0) is 32.0 Å². The molecule has 1 unspecified atom stereocenters. The number of hydrogen-bond acceptors (Lipinski definition) is 2. The summed E-state index contributed by atoms with van der Waals surface area (Å²) in [4.78, 5) is 2.15. The Hall–Kier alpha value is -0.750. The molecule has 0 bridgehead atoms. The van der Waals surface area contributed by atoms with Crippen LogP contribution in [0.5, 0.6) is 0 Å². The summed E-state index contributed by atoms with van der Waals surface area (Å²) in [5.74, 6) is 0. The van der Waals surface area contributed by atoms with Crippen LogP contribution in [-0.2, 0) is 0 Å². The normalized spacial score (nSPS) is 18.3. The van der Waals surface area contributed by atoms with Crippen molar-refractivity contribution in [3.63, 3.8) is 0 Å². The molecule has 1 saturated heterocycles. The van der Waals surface area contributed by atoms with Crippen molar-refractivity contribution in [2.75, 3.05) is 13.1 Å². The van der Waals surface area contributed by atoms with Gasteiger partial charge < -0.3 is 0 Å². The van der Waals surface area contributed by atoms with E-state index in [4.69, 9.17) is 23.2 Å². The number of nitriles is 1. The molecule has 1 aliphatic heterocycles. The fourth-order valence-corrected chi connectivity index (χ4v) is 2.49. The van der Waals surface area contributed by atoms with Gasteiger partial charge in [0.15, 0.2) is 0 Å². The predicted molar refractivity (Wildman–Crippen MR) is 65.6 cm³/mol. The number of hydrogen-bond donors (Lipinski definition) is 0. The van der Waals surface area contributed by atoms with Crippen molar-refractivity contribution < 1.29 is 0 Å². The molecule has 2 nitrogen and oxygen atoms in total. The maximum Gasteiger partial charge on any atom is 0.125 e. The van der Waals surface area contributed by atoms with Crippen molar-refractivity contribution in [1.29, 1.82) is 5.26 Å². The van der Waals surface area contributed by atoms with Crippen LogP contribution in [0.2, 0.25) is 10.0 Å². The minimum absolute atomic E-state index is 0.270. The molecule has 84 valence electrons. The fraction of sp³-hybridized carbons (Fsp3) is 0.417. The molecule has 0 amide bonds. The van der Waals surface area contributed by atoms with Gasteiger partial charge in [-0.2, -0.15) is 5.26 Å². The van der Waals surface area contributed by atoms with E-state index in [2.05, 4.69) is 11.0 Å². The lowest BCUT2D eigenvalue weighted by molar-refractivity contribution is 0.294. The largest absolute Gasteiger partial charge is 0.284 e. The lowest BCUT2D eigenvalue weighted by atomic mass is 10.1. The lowest BCUT2D eigenvalue weighted by Crippen LogP contribution is -2.24. The second kappa shape index (κ2) is 5.05. The maximum absolute atomic E-state index is 9.26. The molecule has 0 N–H and O–H groups in total. The van der Waals surface area contributed by atoms with Crippen LogP contribution < -0.4 is 0 Å². The zero-order chi connectivity index (χ0) is 11.5. The highest BCUT2D eigenvalue weighted by atomic mass is 35.5. The molecule has 1 aliphatic rings. The summed E-state index contributed by atoms with van der Waals surface area (Å²) in [6.45, 7) is 1.92. The van der Waals surface area contributed by atoms with E-state index in [-0.39, 0.29) is 6.04 Å². The smallest absolute Gasteiger partial charge is 0.125 e. The standard InChI is InChI=1S/C12H12Cl2N2/c13-10-5-3-4-9(12(10)14)11(8-15)16-6-1-2-7-16/h3-5,11H,1-2,6-7H2. The first kappa shape index (κ1) is 11.7. The first-order chi connectivity index (χ1) is 7.74. The summed E-state index contributed by atoms with van der Waals surface area (Å²) in [6, 6.07) is 7.50. The van der Waals surface area contributed by atoms with E-state index in [1.165, 1.54) is 0 Å². The average Bonchev–Trinajstić information content (AvgIpc) is 2.79. The maximum atomic E-state index is 9.26. The predicted octanol–water partition coefficient (Wildman–Crippen LogP) is 3.65. The van der Waals surface area contributed by atoms with Crippen molar-refractivity contribution in [3.8, 4) is 6.07 Å². The second-order valence-electron chi connectivity index (χ2n) is 3.92. The van der Waals surface area contributed by atoms with E-state index in [1.54, 1.807) is 6.07 Å². The van der Waals surface area contributed by atoms with Gasteiger partial charge in [-0.1, -0.05) is 35.3 Å². The number of rotatable bonds is 2. The molecule has 0 aromatic heterocycles. The van der Waals surface area contributed by atoms with Gasteiger partial charge in [0.1, 0.15) is 6.04 Å². The average molecular weight is 255 g/mol. The van der Waals surface area contributed by atoms with E-state index in [1.807, 2.05) is 12.1 Å². The zero-order valence-corrected chi connectivity index (χ0v) is 10.3. The Kier molecular flexibility index (Phi) is 3.70. The molecule has 0 spiro atoms. The molecule has 0 radical (unpaired) electrons. The van der Waals surface area contributed by atoms with Crippen LogP contribution in [0.25, 0.3) is 0 Å². The van der Waals surface area contributed by atoms with Crippen LogP contribution in [0.3, 0.4) is 0 Å². The topological polar surface area (TPSA) is 27.0 Å². The first-order valence-electron chi connectivity index (χ1n) is 5.31. The van der Waals surface area contributed by atoms with Crippen molar-refractivity contribution in [3.05, 3.63) is 33.8 Å². The minimum Gasteiger partial charge on any atom is -0.284 e. The Morgan fingerprint density at radius 1 is 1.25 bits per heavy atom. The van der Waals surface area contributed by atoms with Gasteiger partial charge in [0.05, 0.1) is 16.1 Å². The minimum atomic E-state index is -0.270. The van der Waals surface area contributed by atoms with E-state index < -0.39 is 0 Å². The Labute approximate surface area is 105 Å². The van der Waals surface area contributed by atoms with E-state index in [0.717, 1.165) is 31.5 Å². The monoisotopic (exact) mass is 254 g/mol. The van der Waals surface area contributed by atoms with E-state index in [9.17, 15) is 5.26 Å². The summed E-state index contributed by atoms with van der Waals surface area (Å²) in [6.07, 6.45) is 2.30. The van der Waals surface area contributed by atoms with Gasteiger partial charge in [0.25, 0.3) is 0 Å². The number of nitrogens with zero attached hydrogens (tertiary/aromatic N) is 2. The van der Waals surface area contributed by atoms with Crippen LogP contribution in [0.15, 0.2) is 18.2 Å². The Morgan fingerprint density at radius 3 is 2.56 bits per heavy atom. The summed E-state index contributed by atoms with van der Waals surface area (Å²) < 4.78 is 0. The molecule has 0 saturated carbocycles. The van der Waals surface area contributed by atoms with Crippen molar-refractivity contribution >= 4 is 23.2 Å². The summed E-state index contributed by atoms with van der Waals surface area (Å²) in [5, 5.41) is 10.3. The van der Waals surface area contributed by atoms with Gasteiger partial charge in [-0.15, -0.1) is 0 Å². The SMILES string of the molecule is N#CC(c1cccc(Cl)c1Cl)N1CCCC1. The van der Waals surface area contributed by atoms with Crippen LogP contribution in [-0.4, -0.2) is 18.0 Å². The number of benzene rings is 1. The van der Waals surface area contributed by atoms with Gasteiger partial charge >= 0.3 is 0 Å². The highest BCUT2D eigenvalue weighted by Gasteiger charge is 2.25. The van der Waals surface area contributed by atoms with Gasteiger partial charge in [-0.25, -0.2) is 0 Å². The third kappa shape index (κ3) is 2.17. The molecular formula is C12H12Cl2N2. The van der Waals surface area contributed by atoms with E-state index >= 15 is 0 Å². The van der Waals surface area contributed by atoms with Crippen LogP contribution in [0, 0.1) is 11.3 Å². The van der Waals surface area contributed by atoms with Crippen molar-refractivity contribution in [1.82, 2.24) is 4.90 Å². The van der Waals surface area contributed by atoms with Crippen LogP contribution in [0.4, 0.5) is 0 Å². The molecule has 1 heterocycles. The molecule has 0 aliphatic carbocycles. The lowest BCUT2D eigenvalue weighted by Gasteiger charge is -2.22. The van der Waals surface area contributed by atoms with Gasteiger partial charge in [-0.3, -0.25) is 4.90 Å². The molecular weight excluding hydrogens is 243 g/mol. The quantitative estimate of drug-likeness (QED) is 0.806. The van der Waals surface area contributed by atoms with E-state index in [0.29, 0.717) is 10.0 Å². The third-order valence-corrected chi connectivity index (χ3v) is 3.74. The highest BCUT2D eigenvalue weighted by Crippen LogP contribution is 2.33. The molecule has 16 heavy (non-hydrogen) atoms. The molecule has 1 aromatic rings. The number of halogens is 2. The molecule has 1 fully saturated rings. The molecule has 4 heteroatoms.